The number of phenols is 2. The third kappa shape index (κ3) is 7.70. The molecule has 0 bridgehead atoms. The Labute approximate surface area is 186 Å². The van der Waals surface area contributed by atoms with Gasteiger partial charge in [0.05, 0.1) is 13.2 Å². The van der Waals surface area contributed by atoms with Gasteiger partial charge in [-0.15, -0.1) is 0 Å². The molecule has 1 aliphatic rings. The van der Waals surface area contributed by atoms with Crippen molar-refractivity contribution in [2.45, 2.75) is 39.3 Å². The summed E-state index contributed by atoms with van der Waals surface area (Å²) in [5.41, 5.74) is 14.6. The van der Waals surface area contributed by atoms with Gasteiger partial charge in [-0.2, -0.15) is 0 Å². The number of phenolic OH excluding ortho intramolecular Hbond substituents is 2. The van der Waals surface area contributed by atoms with Crippen LogP contribution in [0.4, 0.5) is 5.69 Å². The first-order valence-corrected chi connectivity index (χ1v) is 11.0. The van der Waals surface area contributed by atoms with E-state index in [1.807, 2.05) is 32.9 Å². The molecule has 7 heteroatoms. The summed E-state index contributed by atoms with van der Waals surface area (Å²) in [5, 5.41) is 23.4. The summed E-state index contributed by atoms with van der Waals surface area (Å²) in [7, 11) is 0. The van der Waals surface area contributed by atoms with Crippen LogP contribution in [-0.2, 0) is 11.2 Å². The van der Waals surface area contributed by atoms with Gasteiger partial charge in [-0.05, 0) is 48.2 Å². The normalized spacial score (nSPS) is 15.3. The quantitative estimate of drug-likeness (QED) is 0.428. The van der Waals surface area contributed by atoms with Crippen LogP contribution in [0.15, 0.2) is 36.4 Å². The lowest BCUT2D eigenvalue weighted by Gasteiger charge is -2.26. The Bertz CT molecular complexity index is 790. The first kappa shape index (κ1) is 24.9. The van der Waals surface area contributed by atoms with Crippen molar-refractivity contribution in [1.29, 1.82) is 0 Å². The Morgan fingerprint density at radius 3 is 2.19 bits per heavy atom. The van der Waals surface area contributed by atoms with Crippen LogP contribution >= 0.6 is 0 Å². The van der Waals surface area contributed by atoms with E-state index < -0.39 is 6.17 Å². The zero-order valence-electron chi connectivity index (χ0n) is 19.0. The Balaban J connectivity index is 0.00000107. The standard InChI is InChI=1S/C22H31N3O3.C2H7N/c1-15(2)18-13-19(21(27)14-20(18)26)22(23)24-17-5-3-16(4-6-17)7-8-25-9-11-28-12-10-25;1-2-3/h3-6,13-15,22,24,26-27H,7-12,23H2,1-2H3;2-3H2,1H3. The predicted molar refractivity (Wildman–Crippen MR) is 127 cm³/mol. The van der Waals surface area contributed by atoms with E-state index in [0.717, 1.165) is 57.1 Å². The molecule has 3 rings (SSSR count). The number of morpholine rings is 1. The number of hydrogen-bond donors (Lipinski definition) is 5. The average molecular weight is 431 g/mol. The lowest BCUT2D eigenvalue weighted by atomic mass is 9.98. The molecule has 1 aliphatic heterocycles. The molecule has 1 unspecified atom stereocenters. The fraction of sp³-hybridized carbons (Fsp3) is 0.500. The Morgan fingerprint density at radius 1 is 1.03 bits per heavy atom. The molecule has 172 valence electrons. The average Bonchev–Trinajstić information content (AvgIpc) is 2.74. The summed E-state index contributed by atoms with van der Waals surface area (Å²) in [6.45, 7) is 11.3. The van der Waals surface area contributed by atoms with Gasteiger partial charge in [-0.1, -0.05) is 32.9 Å². The maximum atomic E-state index is 10.2. The minimum absolute atomic E-state index is 0.0102. The van der Waals surface area contributed by atoms with Gasteiger partial charge in [-0.25, -0.2) is 0 Å². The summed E-state index contributed by atoms with van der Waals surface area (Å²) in [5.74, 6) is 0.217. The molecule has 2 aromatic rings. The first-order chi connectivity index (χ1) is 14.8. The number of hydrogen-bond acceptors (Lipinski definition) is 7. The van der Waals surface area contributed by atoms with Crippen LogP contribution in [0.5, 0.6) is 11.5 Å². The monoisotopic (exact) mass is 430 g/mol. The van der Waals surface area contributed by atoms with Gasteiger partial charge in [0, 0.05) is 37.0 Å². The Morgan fingerprint density at radius 2 is 1.61 bits per heavy atom. The number of nitrogens with one attached hydrogen (secondary N) is 1. The highest BCUT2D eigenvalue weighted by molar-refractivity contribution is 5.52. The fourth-order valence-electron chi connectivity index (χ4n) is 3.46. The topological polar surface area (TPSA) is 117 Å². The van der Waals surface area contributed by atoms with Gasteiger partial charge in [0.2, 0.25) is 0 Å². The largest absolute Gasteiger partial charge is 0.508 e. The van der Waals surface area contributed by atoms with Crippen LogP contribution in [0.1, 0.15) is 49.5 Å². The molecule has 1 heterocycles. The predicted octanol–water partition coefficient (Wildman–Crippen LogP) is 3.13. The smallest absolute Gasteiger partial charge is 0.125 e. The van der Waals surface area contributed by atoms with Gasteiger partial charge in [0.25, 0.3) is 0 Å². The molecule has 0 spiro atoms. The zero-order chi connectivity index (χ0) is 22.8. The number of nitrogens with two attached hydrogens (primary N) is 2. The van der Waals surface area contributed by atoms with Crippen LogP contribution < -0.4 is 16.8 Å². The fourth-order valence-corrected chi connectivity index (χ4v) is 3.46. The highest BCUT2D eigenvalue weighted by atomic mass is 16.5. The molecule has 0 amide bonds. The van der Waals surface area contributed by atoms with Gasteiger partial charge in [0.15, 0.2) is 0 Å². The lowest BCUT2D eigenvalue weighted by Crippen LogP contribution is -2.37. The van der Waals surface area contributed by atoms with Crippen LogP contribution in [-0.4, -0.2) is 54.5 Å². The Hall–Kier alpha value is -2.32. The van der Waals surface area contributed by atoms with E-state index in [9.17, 15) is 10.2 Å². The number of ether oxygens (including phenoxy) is 1. The number of aromatic hydroxyl groups is 2. The second kappa shape index (κ2) is 12.5. The molecular formula is C24H38N4O3. The first-order valence-electron chi connectivity index (χ1n) is 11.0. The number of anilines is 1. The van der Waals surface area contributed by atoms with Crippen molar-refractivity contribution < 1.29 is 14.9 Å². The molecule has 7 N–H and O–H groups in total. The van der Waals surface area contributed by atoms with E-state index in [4.69, 9.17) is 16.2 Å². The highest BCUT2D eigenvalue weighted by Gasteiger charge is 2.16. The summed E-state index contributed by atoms with van der Waals surface area (Å²) < 4.78 is 5.38. The molecule has 7 nitrogen and oxygen atoms in total. The van der Waals surface area contributed by atoms with E-state index in [2.05, 4.69) is 22.3 Å². The molecule has 0 aliphatic carbocycles. The van der Waals surface area contributed by atoms with Crippen LogP contribution in [0, 0.1) is 0 Å². The molecule has 1 fully saturated rings. The van der Waals surface area contributed by atoms with E-state index in [-0.39, 0.29) is 17.4 Å². The molecule has 31 heavy (non-hydrogen) atoms. The minimum Gasteiger partial charge on any atom is -0.508 e. The second-order valence-corrected chi connectivity index (χ2v) is 8.06. The van der Waals surface area contributed by atoms with Crippen LogP contribution in [0.3, 0.4) is 0 Å². The van der Waals surface area contributed by atoms with Crippen LogP contribution in [0.2, 0.25) is 0 Å². The van der Waals surface area contributed by atoms with Gasteiger partial charge >= 0.3 is 0 Å². The molecular weight excluding hydrogens is 392 g/mol. The lowest BCUT2D eigenvalue weighted by molar-refractivity contribution is 0.0384. The molecule has 0 saturated carbocycles. The van der Waals surface area contributed by atoms with Gasteiger partial charge in [-0.3, -0.25) is 4.90 Å². The maximum Gasteiger partial charge on any atom is 0.125 e. The SMILES string of the molecule is CC(C)c1cc(C(N)Nc2ccc(CCN3CCOCC3)cc2)c(O)cc1O.CCN. The third-order valence-electron chi connectivity index (χ3n) is 5.23. The minimum atomic E-state index is -0.572. The summed E-state index contributed by atoms with van der Waals surface area (Å²) in [4.78, 5) is 2.42. The summed E-state index contributed by atoms with van der Waals surface area (Å²) >= 11 is 0. The van der Waals surface area contributed by atoms with Crippen molar-refractivity contribution in [2.24, 2.45) is 11.5 Å². The highest BCUT2D eigenvalue weighted by Crippen LogP contribution is 2.34. The number of nitrogens with zero attached hydrogens (tertiary/aromatic N) is 1. The molecule has 0 radical (unpaired) electrons. The molecule has 1 saturated heterocycles. The molecule has 2 aromatic carbocycles. The Kier molecular flexibility index (Phi) is 10.1. The van der Waals surface area contributed by atoms with Crippen molar-refractivity contribution in [3.63, 3.8) is 0 Å². The van der Waals surface area contributed by atoms with E-state index in [0.29, 0.717) is 5.56 Å². The van der Waals surface area contributed by atoms with E-state index in [1.54, 1.807) is 6.07 Å². The van der Waals surface area contributed by atoms with E-state index >= 15 is 0 Å². The number of rotatable bonds is 7. The van der Waals surface area contributed by atoms with Crippen LogP contribution in [0.25, 0.3) is 0 Å². The van der Waals surface area contributed by atoms with Crippen molar-refractivity contribution in [2.75, 3.05) is 44.7 Å². The van der Waals surface area contributed by atoms with Crippen molar-refractivity contribution in [1.82, 2.24) is 4.90 Å². The van der Waals surface area contributed by atoms with Crippen molar-refractivity contribution in [3.8, 4) is 11.5 Å². The van der Waals surface area contributed by atoms with E-state index in [1.165, 1.54) is 11.6 Å². The molecule has 0 aromatic heterocycles. The summed E-state index contributed by atoms with van der Waals surface area (Å²) in [6, 6.07) is 11.4. The number of benzene rings is 2. The third-order valence-corrected chi connectivity index (χ3v) is 5.23. The summed E-state index contributed by atoms with van der Waals surface area (Å²) in [6.07, 6.45) is 0.431. The van der Waals surface area contributed by atoms with Gasteiger partial charge in [0.1, 0.15) is 17.7 Å². The molecule has 1 atom stereocenters. The zero-order valence-corrected chi connectivity index (χ0v) is 19.0. The second-order valence-electron chi connectivity index (χ2n) is 8.06. The maximum absolute atomic E-state index is 10.2. The van der Waals surface area contributed by atoms with Crippen molar-refractivity contribution >= 4 is 5.69 Å². The van der Waals surface area contributed by atoms with Gasteiger partial charge < -0.3 is 31.7 Å². The van der Waals surface area contributed by atoms with Crippen molar-refractivity contribution in [3.05, 3.63) is 53.1 Å².